The van der Waals surface area contributed by atoms with Gasteiger partial charge in [-0.1, -0.05) is 42.5 Å². The Kier molecular flexibility index (Phi) is 6.56. The molecule has 184 valence electrons. The van der Waals surface area contributed by atoms with Gasteiger partial charge < -0.3 is 25.4 Å². The highest BCUT2D eigenvalue weighted by Gasteiger charge is 2.39. The largest absolute Gasteiger partial charge is 0.378 e. The van der Waals surface area contributed by atoms with Crippen molar-refractivity contribution in [1.29, 1.82) is 5.26 Å². The number of amides is 2. The number of aromatic nitrogens is 3. The number of methoxy groups -OCH3 is 1. The van der Waals surface area contributed by atoms with Gasteiger partial charge >= 0.3 is 6.03 Å². The van der Waals surface area contributed by atoms with Gasteiger partial charge in [0, 0.05) is 25.8 Å². The number of urea groups is 1. The lowest BCUT2D eigenvalue weighted by Crippen LogP contribution is -2.52. The highest BCUT2D eigenvalue weighted by molar-refractivity contribution is 7.20. The lowest BCUT2D eigenvalue weighted by atomic mass is 9.82. The summed E-state index contributed by atoms with van der Waals surface area (Å²) in [6.45, 7) is 2.66. The average Bonchev–Trinajstić information content (AvgIpc) is 3.57. The van der Waals surface area contributed by atoms with Crippen LogP contribution < -0.4 is 16.0 Å². The van der Waals surface area contributed by atoms with Crippen molar-refractivity contribution in [2.24, 2.45) is 5.73 Å². The molecule has 1 aliphatic heterocycles. The highest BCUT2D eigenvalue weighted by atomic mass is 32.1. The minimum Gasteiger partial charge on any atom is -0.378 e. The lowest BCUT2D eigenvalue weighted by Gasteiger charge is -2.38. The Hall–Kier alpha value is -3.98. The second kappa shape index (κ2) is 9.94. The summed E-state index contributed by atoms with van der Waals surface area (Å²) < 4.78 is 11.4. The fourth-order valence-electron chi connectivity index (χ4n) is 4.68. The molecule has 0 spiro atoms. The van der Waals surface area contributed by atoms with Crippen LogP contribution in [0.1, 0.15) is 11.1 Å². The molecule has 5 rings (SSSR count). The number of thiophene rings is 1. The van der Waals surface area contributed by atoms with Crippen LogP contribution >= 0.6 is 11.3 Å². The molecule has 1 aromatic carbocycles. The van der Waals surface area contributed by atoms with Gasteiger partial charge in [0.2, 0.25) is 0 Å². The molecule has 2 amide bonds. The second-order valence-electron chi connectivity index (χ2n) is 8.33. The number of nitriles is 1. The molecule has 11 heteroatoms. The van der Waals surface area contributed by atoms with Crippen LogP contribution in [-0.4, -0.2) is 60.7 Å². The topological polar surface area (TPSA) is 142 Å². The predicted octanol–water partition coefficient (Wildman–Crippen LogP) is 2.91. The number of benzene rings is 1. The molecular weight excluding hydrogens is 478 g/mol. The maximum absolute atomic E-state index is 11.6. The van der Waals surface area contributed by atoms with Crippen molar-refractivity contribution in [1.82, 2.24) is 20.5 Å². The van der Waals surface area contributed by atoms with Gasteiger partial charge in [0.15, 0.2) is 5.82 Å². The number of hydrogen-bond acceptors (Lipinski definition) is 8. The first-order chi connectivity index (χ1) is 17.6. The maximum atomic E-state index is 11.6. The number of allylic oxidation sites excluding steroid dienone is 2. The Bertz CT molecular complexity index is 1340. The molecule has 2 unspecified atom stereocenters. The third-order valence-electron chi connectivity index (χ3n) is 6.40. The normalized spacial score (nSPS) is 21.3. The number of anilines is 1. The van der Waals surface area contributed by atoms with Crippen molar-refractivity contribution >= 4 is 22.4 Å². The average molecular weight is 504 g/mol. The van der Waals surface area contributed by atoms with E-state index < -0.39 is 17.7 Å². The van der Waals surface area contributed by atoms with Gasteiger partial charge in [0.1, 0.15) is 23.0 Å². The Morgan fingerprint density at radius 1 is 1.33 bits per heavy atom. The molecule has 36 heavy (non-hydrogen) atoms. The number of primary amides is 1. The van der Waals surface area contributed by atoms with Crippen LogP contribution in [0.15, 0.2) is 54.9 Å². The molecule has 10 nitrogen and oxygen atoms in total. The number of rotatable bonds is 6. The molecule has 0 saturated carbocycles. The Morgan fingerprint density at radius 3 is 2.75 bits per heavy atom. The first-order valence-corrected chi connectivity index (χ1v) is 12.2. The van der Waals surface area contributed by atoms with Crippen molar-refractivity contribution in [3.63, 3.8) is 0 Å². The quantitative estimate of drug-likeness (QED) is 0.469. The van der Waals surface area contributed by atoms with E-state index in [1.54, 1.807) is 7.11 Å². The summed E-state index contributed by atoms with van der Waals surface area (Å²) in [5.74, 6) is 0.537. The summed E-state index contributed by atoms with van der Waals surface area (Å²) in [7, 11) is 1.59. The van der Waals surface area contributed by atoms with Gasteiger partial charge in [-0.25, -0.2) is 9.78 Å². The van der Waals surface area contributed by atoms with Crippen LogP contribution in [-0.2, 0) is 15.1 Å². The van der Waals surface area contributed by atoms with Gasteiger partial charge in [-0.2, -0.15) is 10.4 Å². The molecule has 1 saturated heterocycles. The number of carbonyl (C=O) groups excluding carboxylic acids is 1. The minimum atomic E-state index is -0.930. The smallest absolute Gasteiger partial charge is 0.312 e. The fraction of sp³-hybridized carbons (Fsp3) is 0.280. The number of carbonyl (C=O) groups is 1. The summed E-state index contributed by atoms with van der Waals surface area (Å²) in [6.07, 6.45) is 8.97. The molecule has 2 aliphatic rings. The lowest BCUT2D eigenvalue weighted by molar-refractivity contribution is 0.0106. The van der Waals surface area contributed by atoms with E-state index in [1.807, 2.05) is 48.6 Å². The van der Waals surface area contributed by atoms with Crippen molar-refractivity contribution in [3.8, 4) is 27.9 Å². The van der Waals surface area contributed by atoms with Crippen molar-refractivity contribution in [3.05, 3.63) is 66.0 Å². The summed E-state index contributed by atoms with van der Waals surface area (Å²) in [5, 5.41) is 20.9. The van der Waals surface area contributed by atoms with Gasteiger partial charge in [-0.15, -0.1) is 11.3 Å². The Labute approximate surface area is 212 Å². The Balaban J connectivity index is 1.59. The number of morpholine rings is 1. The van der Waals surface area contributed by atoms with Crippen LogP contribution in [0.4, 0.5) is 9.80 Å². The summed E-state index contributed by atoms with van der Waals surface area (Å²) in [4.78, 5) is 19.0. The van der Waals surface area contributed by atoms with Crippen LogP contribution in [0, 0.1) is 11.3 Å². The summed E-state index contributed by atoms with van der Waals surface area (Å²) in [5.41, 5.74) is 7.54. The van der Waals surface area contributed by atoms with E-state index >= 15 is 0 Å². The standard InChI is InChI=1S/C25H25N7O3S/c1-34-25(9-3-2-4-19(25)30-24(27)33)17-7-5-16(6-8-17)20-18(14-26)23(32-10-12-35-13-11-32)36-21(20)22-28-15-29-31-22/h2-9,15,19H,10-13H2,1H3,(H3,27,30,33)(H,28,29,31). The van der Waals surface area contributed by atoms with Gasteiger partial charge in [-0.05, 0) is 17.2 Å². The van der Waals surface area contributed by atoms with Crippen LogP contribution in [0.25, 0.3) is 21.8 Å². The molecule has 1 fully saturated rings. The first-order valence-electron chi connectivity index (χ1n) is 11.4. The predicted molar refractivity (Wildman–Crippen MR) is 136 cm³/mol. The van der Waals surface area contributed by atoms with Gasteiger partial charge in [-0.3, -0.25) is 5.10 Å². The number of hydrogen-bond donors (Lipinski definition) is 3. The number of ether oxygens (including phenoxy) is 2. The van der Waals surface area contributed by atoms with E-state index in [1.165, 1.54) is 17.7 Å². The van der Waals surface area contributed by atoms with Crippen LogP contribution in [0.5, 0.6) is 0 Å². The number of nitrogens with two attached hydrogens (primary N) is 1. The molecule has 0 bridgehead atoms. The van der Waals surface area contributed by atoms with Crippen molar-refractivity contribution < 1.29 is 14.3 Å². The molecule has 4 N–H and O–H groups in total. The number of nitrogens with one attached hydrogen (secondary N) is 2. The van der Waals surface area contributed by atoms with E-state index in [4.69, 9.17) is 15.2 Å². The van der Waals surface area contributed by atoms with Crippen molar-refractivity contribution in [2.45, 2.75) is 11.6 Å². The van der Waals surface area contributed by atoms with E-state index in [0.717, 1.165) is 26.6 Å². The highest BCUT2D eigenvalue weighted by Crippen LogP contribution is 2.47. The second-order valence-corrected chi connectivity index (χ2v) is 9.32. The maximum Gasteiger partial charge on any atom is 0.312 e. The number of H-pyrrole nitrogens is 1. The molecular formula is C25H25N7O3S. The molecule has 1 aliphatic carbocycles. The number of nitrogens with zero attached hydrogens (tertiary/aromatic N) is 4. The molecule has 0 radical (unpaired) electrons. The van der Waals surface area contributed by atoms with E-state index in [9.17, 15) is 10.1 Å². The third-order valence-corrected chi connectivity index (χ3v) is 7.65. The summed E-state index contributed by atoms with van der Waals surface area (Å²) in [6, 6.07) is 9.08. The first kappa shape index (κ1) is 23.7. The number of aromatic amines is 1. The zero-order valence-electron chi connectivity index (χ0n) is 19.6. The monoisotopic (exact) mass is 503 g/mol. The van der Waals surface area contributed by atoms with Crippen molar-refractivity contribution in [2.75, 3.05) is 38.3 Å². The van der Waals surface area contributed by atoms with E-state index in [2.05, 4.69) is 31.5 Å². The molecule has 3 aromatic rings. The van der Waals surface area contributed by atoms with Gasteiger partial charge in [0.05, 0.1) is 29.7 Å². The van der Waals surface area contributed by atoms with Gasteiger partial charge in [0.25, 0.3) is 0 Å². The molecule has 2 atom stereocenters. The molecule has 2 aromatic heterocycles. The van der Waals surface area contributed by atoms with E-state index in [-0.39, 0.29) is 0 Å². The van der Waals surface area contributed by atoms with E-state index in [0.29, 0.717) is 37.7 Å². The zero-order valence-corrected chi connectivity index (χ0v) is 20.4. The van der Waals surface area contributed by atoms with Crippen LogP contribution in [0.3, 0.4) is 0 Å². The Morgan fingerprint density at radius 2 is 2.11 bits per heavy atom. The minimum absolute atomic E-state index is 0.483. The SMILES string of the molecule is COC1(c2ccc(-c3c(-c4nc[nH]n4)sc(N4CCOCC4)c3C#N)cc2)C=CC=CC1NC(N)=O. The van der Waals surface area contributed by atoms with Crippen LogP contribution in [0.2, 0.25) is 0 Å². The summed E-state index contributed by atoms with van der Waals surface area (Å²) >= 11 is 1.51. The fourth-order valence-corrected chi connectivity index (χ4v) is 5.94. The molecule has 3 heterocycles. The zero-order chi connectivity index (χ0) is 25.1. The third kappa shape index (κ3) is 4.15.